The molecule has 1 atom stereocenters. The van der Waals surface area contributed by atoms with E-state index in [1.54, 1.807) is 6.07 Å². The van der Waals surface area contributed by atoms with Gasteiger partial charge in [-0.2, -0.15) is 4.98 Å². The van der Waals surface area contributed by atoms with Gasteiger partial charge in [0.15, 0.2) is 12.2 Å². The molecule has 220 valence electrons. The number of hydrogen-bond donors (Lipinski definition) is 3. The number of carbonyl (C=O) groups excluding carboxylic acids is 1. The highest BCUT2D eigenvalue weighted by molar-refractivity contribution is 5.93. The highest BCUT2D eigenvalue weighted by Crippen LogP contribution is 2.25. The summed E-state index contributed by atoms with van der Waals surface area (Å²) in [5.41, 5.74) is 3.53. The van der Waals surface area contributed by atoms with Gasteiger partial charge in [0.2, 0.25) is 5.95 Å². The van der Waals surface area contributed by atoms with Crippen molar-refractivity contribution in [2.75, 3.05) is 56.7 Å². The van der Waals surface area contributed by atoms with Gasteiger partial charge in [-0.1, -0.05) is 13.0 Å². The van der Waals surface area contributed by atoms with E-state index in [0.29, 0.717) is 38.1 Å². The Labute approximate surface area is 240 Å². The molecule has 0 saturated carbocycles. The Kier molecular flexibility index (Phi) is 9.32. The molecule has 12 nitrogen and oxygen atoms in total. The van der Waals surface area contributed by atoms with E-state index in [1.165, 1.54) is 17.5 Å². The average molecular weight is 566 g/mol. The summed E-state index contributed by atoms with van der Waals surface area (Å²) in [7, 11) is 1.91. The van der Waals surface area contributed by atoms with Gasteiger partial charge in [-0.25, -0.2) is 9.97 Å². The number of β-amino-alcohol motifs (C(OH)–C–C–N with tert-alkyl or cyclic N) is 1. The van der Waals surface area contributed by atoms with Crippen molar-refractivity contribution >= 4 is 17.7 Å². The second-order valence-corrected chi connectivity index (χ2v) is 10.7. The molecular weight excluding hydrogens is 526 g/mol. The van der Waals surface area contributed by atoms with E-state index < -0.39 is 6.10 Å². The largest absolute Gasteiger partial charge is 0.486 e. The molecule has 1 saturated heterocycles. The van der Waals surface area contributed by atoms with Crippen LogP contribution >= 0.6 is 0 Å². The first-order valence-electron chi connectivity index (χ1n) is 14.1. The number of hydrogen-bond acceptors (Lipinski definition) is 11. The fraction of sp³-hybridized carbons (Fsp3) is 0.517. The van der Waals surface area contributed by atoms with Crippen molar-refractivity contribution in [2.24, 2.45) is 0 Å². The van der Waals surface area contributed by atoms with E-state index in [1.807, 2.05) is 24.9 Å². The van der Waals surface area contributed by atoms with Crippen LogP contribution in [0.4, 0.5) is 11.8 Å². The Bertz CT molecular complexity index is 1330. The van der Waals surface area contributed by atoms with E-state index in [-0.39, 0.29) is 24.2 Å². The summed E-state index contributed by atoms with van der Waals surface area (Å²) in [6.45, 7) is 8.40. The molecule has 0 radical (unpaired) electrons. The lowest BCUT2D eigenvalue weighted by atomic mass is 9.99. The summed E-state index contributed by atoms with van der Waals surface area (Å²) in [6, 6.07) is 7.92. The van der Waals surface area contributed by atoms with Crippen LogP contribution in [-0.2, 0) is 24.3 Å². The molecule has 1 unspecified atom stereocenters. The Balaban J connectivity index is 1.12. The van der Waals surface area contributed by atoms with Crippen LogP contribution in [-0.4, -0.2) is 89.5 Å². The minimum atomic E-state index is -0.720. The van der Waals surface area contributed by atoms with Crippen LogP contribution in [0.5, 0.6) is 5.75 Å². The molecule has 1 fully saturated rings. The fourth-order valence-electron chi connectivity index (χ4n) is 4.87. The first-order chi connectivity index (χ1) is 19.9. The lowest BCUT2D eigenvalue weighted by Crippen LogP contribution is -2.42. The number of aliphatic hydroxyl groups excluding tert-OH is 1. The van der Waals surface area contributed by atoms with Gasteiger partial charge in [0.1, 0.15) is 23.9 Å². The molecule has 0 aliphatic carbocycles. The highest BCUT2D eigenvalue weighted by atomic mass is 16.5. The van der Waals surface area contributed by atoms with Crippen LogP contribution in [0.25, 0.3) is 0 Å². The first-order valence-corrected chi connectivity index (χ1v) is 14.1. The third-order valence-electron chi connectivity index (χ3n) is 7.29. The third kappa shape index (κ3) is 7.51. The number of nitrogens with one attached hydrogen (secondary N) is 2. The van der Waals surface area contributed by atoms with E-state index in [4.69, 9.17) is 13.9 Å². The summed E-state index contributed by atoms with van der Waals surface area (Å²) >= 11 is 0. The maximum atomic E-state index is 13.0. The number of nitrogens with zero attached hydrogens (tertiary/aromatic N) is 5. The number of rotatable bonds is 13. The molecule has 0 spiro atoms. The molecule has 1 amide bonds. The average Bonchev–Trinajstić information content (AvgIpc) is 3.36. The molecule has 0 bridgehead atoms. The molecule has 2 aliphatic heterocycles. The third-order valence-corrected chi connectivity index (χ3v) is 7.29. The normalized spacial score (nSPS) is 16.0. The fourth-order valence-corrected chi connectivity index (χ4v) is 4.87. The lowest BCUT2D eigenvalue weighted by Gasteiger charge is -2.30. The van der Waals surface area contributed by atoms with Crippen molar-refractivity contribution < 1.29 is 23.8 Å². The van der Waals surface area contributed by atoms with Crippen molar-refractivity contribution in [2.45, 2.75) is 52.0 Å². The van der Waals surface area contributed by atoms with Crippen LogP contribution in [0.1, 0.15) is 46.4 Å². The number of aromatic nitrogens is 3. The van der Waals surface area contributed by atoms with Crippen molar-refractivity contribution in [3.8, 4) is 5.75 Å². The van der Waals surface area contributed by atoms with Gasteiger partial charge in [-0.15, -0.1) is 0 Å². The maximum Gasteiger partial charge on any atom is 0.270 e. The SMILES string of the molecule is CCCN(C)c1nc(NC2COC2)cc(C(=O)NCC(O)CN2CCc3cc(OCc4ocnc4C)ccc3C2)n1. The van der Waals surface area contributed by atoms with Gasteiger partial charge < -0.3 is 34.5 Å². The number of carbonyl (C=O) groups is 1. The van der Waals surface area contributed by atoms with Crippen LogP contribution in [0.2, 0.25) is 0 Å². The van der Waals surface area contributed by atoms with E-state index in [0.717, 1.165) is 49.7 Å². The summed E-state index contributed by atoms with van der Waals surface area (Å²) in [5.74, 6) is 2.24. The smallest absolute Gasteiger partial charge is 0.270 e. The quantitative estimate of drug-likeness (QED) is 0.281. The zero-order chi connectivity index (χ0) is 28.8. The van der Waals surface area contributed by atoms with Gasteiger partial charge in [-0.3, -0.25) is 9.69 Å². The van der Waals surface area contributed by atoms with Crippen molar-refractivity contribution in [1.29, 1.82) is 0 Å². The van der Waals surface area contributed by atoms with Crippen LogP contribution in [0.15, 0.2) is 35.1 Å². The zero-order valence-electron chi connectivity index (χ0n) is 23.9. The number of ether oxygens (including phenoxy) is 2. The van der Waals surface area contributed by atoms with E-state index in [2.05, 4.69) is 49.5 Å². The standard InChI is InChI=1S/C29H39N7O5/c1-4-8-35(3)29-33-25(11-27(34-29)32-22-15-39-16-22)28(38)30-12-23(37)14-36-9-7-20-10-24(6-5-21(20)13-36)40-17-26-19(2)31-18-41-26/h5-6,10-11,18,22-23,37H,4,7-9,12-17H2,1-3H3,(H,30,38)(H,32,33,34). The number of amides is 1. The summed E-state index contributed by atoms with van der Waals surface area (Å²) < 4.78 is 16.5. The number of oxazole rings is 1. The van der Waals surface area contributed by atoms with Crippen molar-refractivity contribution in [1.82, 2.24) is 25.2 Å². The van der Waals surface area contributed by atoms with E-state index in [9.17, 15) is 9.90 Å². The highest BCUT2D eigenvalue weighted by Gasteiger charge is 2.23. The van der Waals surface area contributed by atoms with Gasteiger partial charge in [0.05, 0.1) is 31.1 Å². The van der Waals surface area contributed by atoms with Crippen molar-refractivity contribution in [3.05, 3.63) is 58.9 Å². The second kappa shape index (κ2) is 13.3. The Morgan fingerprint density at radius 3 is 2.85 bits per heavy atom. The molecule has 12 heteroatoms. The Morgan fingerprint density at radius 2 is 2.12 bits per heavy atom. The predicted molar refractivity (Wildman–Crippen MR) is 153 cm³/mol. The van der Waals surface area contributed by atoms with Crippen LogP contribution in [0, 0.1) is 6.92 Å². The molecule has 3 aromatic rings. The second-order valence-electron chi connectivity index (χ2n) is 10.7. The molecule has 2 aliphatic rings. The van der Waals surface area contributed by atoms with Gasteiger partial charge in [0.25, 0.3) is 5.91 Å². The topological polar surface area (TPSA) is 138 Å². The van der Waals surface area contributed by atoms with E-state index >= 15 is 0 Å². The molecule has 41 heavy (non-hydrogen) atoms. The monoisotopic (exact) mass is 565 g/mol. The number of fused-ring (bicyclic) bond motifs is 1. The minimum Gasteiger partial charge on any atom is -0.486 e. The minimum absolute atomic E-state index is 0.124. The molecule has 3 N–H and O–H groups in total. The first kappa shape index (κ1) is 28.8. The summed E-state index contributed by atoms with van der Waals surface area (Å²) in [6.07, 6.45) is 2.49. The summed E-state index contributed by atoms with van der Waals surface area (Å²) in [4.78, 5) is 30.3. The van der Waals surface area contributed by atoms with Crippen LogP contribution < -0.4 is 20.3 Å². The number of aryl methyl sites for hydroxylation is 1. The zero-order valence-corrected chi connectivity index (χ0v) is 23.9. The Hall–Kier alpha value is -3.74. The van der Waals surface area contributed by atoms with Crippen LogP contribution in [0.3, 0.4) is 0 Å². The molecule has 4 heterocycles. The lowest BCUT2D eigenvalue weighted by molar-refractivity contribution is 0.0209. The van der Waals surface area contributed by atoms with Gasteiger partial charge in [0, 0.05) is 45.8 Å². The number of anilines is 2. The van der Waals surface area contributed by atoms with Gasteiger partial charge in [-0.05, 0) is 43.0 Å². The van der Waals surface area contributed by atoms with Crippen molar-refractivity contribution in [3.63, 3.8) is 0 Å². The predicted octanol–water partition coefficient (Wildman–Crippen LogP) is 2.16. The molecule has 1 aromatic carbocycles. The Morgan fingerprint density at radius 1 is 1.27 bits per heavy atom. The molecular formula is C29H39N7O5. The van der Waals surface area contributed by atoms with Gasteiger partial charge >= 0.3 is 0 Å². The molecule has 2 aromatic heterocycles. The number of benzene rings is 1. The number of aliphatic hydroxyl groups is 1. The molecule has 5 rings (SSSR count). The summed E-state index contributed by atoms with van der Waals surface area (Å²) in [5, 5.41) is 16.9. The maximum absolute atomic E-state index is 13.0.